The van der Waals surface area contributed by atoms with Gasteiger partial charge in [-0.2, -0.15) is 0 Å². The number of carboxylic acid groups (broad SMARTS) is 6. The van der Waals surface area contributed by atoms with Crippen LogP contribution in [-0.4, -0.2) is 106 Å². The van der Waals surface area contributed by atoms with E-state index >= 15 is 0 Å². The number of aliphatic carboxylic acids is 6. The molecule has 0 bridgehead atoms. The van der Waals surface area contributed by atoms with Crippen LogP contribution in [0.3, 0.4) is 0 Å². The van der Waals surface area contributed by atoms with E-state index in [1.807, 2.05) is 0 Å². The number of rotatable bonds is 12. The van der Waals surface area contributed by atoms with Crippen molar-refractivity contribution >= 4 is 35.8 Å². The second-order valence-corrected chi connectivity index (χ2v) is 3.84. The van der Waals surface area contributed by atoms with Crippen LogP contribution in [-0.2, 0) is 43.0 Å². The maximum atomic E-state index is 9.66. The van der Waals surface area contributed by atoms with Crippen molar-refractivity contribution in [3.05, 3.63) is 0 Å². The molecule has 0 aromatic carbocycles. The van der Waals surface area contributed by atoms with Crippen molar-refractivity contribution < 1.29 is 156 Å². The summed E-state index contributed by atoms with van der Waals surface area (Å²) in [4.78, 5) is 58.0. The van der Waals surface area contributed by atoms with Gasteiger partial charge in [0.2, 0.25) is 0 Å². The molecular weight excluding hydrogens is 666 g/mol. The molecule has 29 heavy (non-hydrogen) atoms. The van der Waals surface area contributed by atoms with Crippen LogP contribution in [0.1, 0.15) is 0 Å². The monoisotopic (exact) mass is 684 g/mol. The molecule has 0 atom stereocenters. The van der Waals surface area contributed by atoms with Gasteiger partial charge in [0.25, 0.3) is 0 Å². The Kier molecular flexibility index (Phi) is 36.9. The third-order valence-corrected chi connectivity index (χ3v) is 1.35. The molecule has 0 rings (SSSR count). The minimum Gasteiger partial charge on any atom is -0.480 e. The predicted octanol–water partition coefficient (Wildman–Crippen LogP) is -2.48. The zero-order valence-corrected chi connectivity index (χ0v) is 22.2. The first-order valence-electron chi connectivity index (χ1n) is 6.42. The predicted molar refractivity (Wildman–Crippen MR) is 78.3 cm³/mol. The molecule has 0 amide bonds. The molecule has 0 aromatic heterocycles. The van der Waals surface area contributed by atoms with Gasteiger partial charge in [-0.3, -0.25) is 0 Å². The number of hydrogen-bond acceptors (Lipinski definition) is 9. The van der Waals surface area contributed by atoms with Gasteiger partial charge in [-0.25, -0.2) is 28.8 Å². The van der Waals surface area contributed by atoms with Gasteiger partial charge in [-0.05, 0) is 0 Å². The first kappa shape index (κ1) is 39.0. The first-order chi connectivity index (χ1) is 12.4. The van der Waals surface area contributed by atoms with E-state index in [4.69, 9.17) is 30.6 Å². The molecule has 0 aliphatic heterocycles. The van der Waals surface area contributed by atoms with Gasteiger partial charge in [-0.1, -0.05) is 0 Å². The van der Waals surface area contributed by atoms with Crippen molar-refractivity contribution in [2.24, 2.45) is 0 Å². The number of hydrogen-bond donors (Lipinski definition) is 6. The normalized spacial score (nSPS) is 8.28. The van der Waals surface area contributed by atoms with E-state index in [0.29, 0.717) is 0 Å². The van der Waals surface area contributed by atoms with Crippen molar-refractivity contribution in [2.45, 2.75) is 0 Å². The van der Waals surface area contributed by atoms with Crippen molar-refractivity contribution in [2.75, 3.05) is 39.6 Å². The van der Waals surface area contributed by atoms with Crippen molar-refractivity contribution in [3.8, 4) is 0 Å². The third-order valence-electron chi connectivity index (χ3n) is 1.35. The largest absolute Gasteiger partial charge is 0.480 e. The van der Waals surface area contributed by atoms with E-state index in [9.17, 15) is 28.8 Å². The molecule has 0 unspecified atom stereocenters. The Morgan fingerprint density at radius 3 is 0.552 bits per heavy atom. The number of ether oxygens (including phenoxy) is 3. The molecule has 15 nitrogen and oxygen atoms in total. The fourth-order valence-electron chi connectivity index (χ4n) is 0.677. The molecule has 162 valence electrons. The Bertz CT molecular complexity index is 394. The molecular formula is C12H18O15Pr2. The van der Waals surface area contributed by atoms with Crippen LogP contribution in [0.4, 0.5) is 0 Å². The smallest absolute Gasteiger partial charge is 0.329 e. The molecule has 0 aliphatic rings. The Morgan fingerprint density at radius 1 is 0.379 bits per heavy atom. The molecule has 6 N–H and O–H groups in total. The third kappa shape index (κ3) is 58.4. The average Bonchev–Trinajstić information content (AvgIpc) is 2.46. The fourth-order valence-corrected chi connectivity index (χ4v) is 0.677. The standard InChI is InChI=1S/3C4H6O5.2Pr/c3*5-3(6)1-9-2-4(7)8;;/h3*1-2H2,(H,5,6)(H,7,8);;. The summed E-state index contributed by atoms with van der Waals surface area (Å²) in [6.45, 7) is -3.38. The summed E-state index contributed by atoms with van der Waals surface area (Å²) in [5.74, 6) is -7.02. The summed E-state index contributed by atoms with van der Waals surface area (Å²) in [6.07, 6.45) is 0. The summed E-state index contributed by atoms with van der Waals surface area (Å²) < 4.78 is 12.5. The summed E-state index contributed by atoms with van der Waals surface area (Å²) in [7, 11) is 0. The molecule has 0 fully saturated rings. The van der Waals surface area contributed by atoms with E-state index in [1.54, 1.807) is 0 Å². The van der Waals surface area contributed by atoms with Crippen LogP contribution in [0.2, 0.25) is 0 Å². The van der Waals surface area contributed by atoms with E-state index < -0.39 is 75.5 Å². The molecule has 2 radical (unpaired) electrons. The Morgan fingerprint density at radius 2 is 0.483 bits per heavy atom. The van der Waals surface area contributed by atoms with Crippen LogP contribution in [0.15, 0.2) is 0 Å². The summed E-state index contributed by atoms with van der Waals surface area (Å²) in [5, 5.41) is 47.5. The van der Waals surface area contributed by atoms with Crippen LogP contribution in [0, 0.1) is 82.6 Å². The van der Waals surface area contributed by atoms with Crippen LogP contribution < -0.4 is 0 Å². The molecule has 0 aromatic rings. The van der Waals surface area contributed by atoms with Gasteiger partial charge in [0.15, 0.2) is 0 Å². The minimum atomic E-state index is -1.17. The summed E-state index contributed by atoms with van der Waals surface area (Å²) >= 11 is 0. The van der Waals surface area contributed by atoms with Gasteiger partial charge < -0.3 is 44.8 Å². The maximum absolute atomic E-state index is 9.66. The van der Waals surface area contributed by atoms with E-state index in [0.717, 1.165) is 0 Å². The van der Waals surface area contributed by atoms with Gasteiger partial charge in [0.1, 0.15) is 39.6 Å². The SMILES string of the molecule is O=C(O)COCC(=O)O.O=C(O)COCC(=O)O.O=C(O)COCC(=O)O.[Pr].[Pr]. The number of carboxylic acids is 6. The first-order valence-corrected chi connectivity index (χ1v) is 6.42. The number of carbonyl (C=O) groups is 6. The van der Waals surface area contributed by atoms with Gasteiger partial charge in [-0.15, -0.1) is 0 Å². The summed E-state index contributed by atoms with van der Waals surface area (Å²) in [5.41, 5.74) is 0. The molecule has 17 heteroatoms. The second-order valence-electron chi connectivity index (χ2n) is 3.84. The molecule has 0 heterocycles. The molecule has 0 spiro atoms. The van der Waals surface area contributed by atoms with Crippen LogP contribution in [0.25, 0.3) is 0 Å². The van der Waals surface area contributed by atoms with Crippen LogP contribution in [0.5, 0.6) is 0 Å². The van der Waals surface area contributed by atoms with E-state index in [1.165, 1.54) is 0 Å². The Hall–Kier alpha value is -0.573. The van der Waals surface area contributed by atoms with Gasteiger partial charge in [0, 0.05) is 82.6 Å². The maximum Gasteiger partial charge on any atom is 0.329 e. The van der Waals surface area contributed by atoms with E-state index in [2.05, 4.69) is 14.2 Å². The van der Waals surface area contributed by atoms with Gasteiger partial charge >= 0.3 is 35.8 Å². The average molecular weight is 684 g/mol. The molecule has 0 saturated carbocycles. The Labute approximate surface area is 229 Å². The van der Waals surface area contributed by atoms with Crippen molar-refractivity contribution in [3.63, 3.8) is 0 Å². The van der Waals surface area contributed by atoms with E-state index in [-0.39, 0.29) is 82.6 Å². The molecule has 0 aliphatic carbocycles. The fraction of sp³-hybridized carbons (Fsp3) is 0.500. The minimum absolute atomic E-state index is 0. The van der Waals surface area contributed by atoms with Crippen molar-refractivity contribution in [1.82, 2.24) is 0 Å². The zero-order valence-electron chi connectivity index (χ0n) is 14.8. The zero-order chi connectivity index (χ0) is 21.8. The Balaban J connectivity index is -0.0000000960. The molecule has 0 saturated heterocycles. The second kappa shape index (κ2) is 27.4. The van der Waals surface area contributed by atoms with Gasteiger partial charge in [0.05, 0.1) is 0 Å². The topological polar surface area (TPSA) is 251 Å². The van der Waals surface area contributed by atoms with Crippen molar-refractivity contribution in [1.29, 1.82) is 0 Å². The summed E-state index contributed by atoms with van der Waals surface area (Å²) in [6, 6.07) is 0. The quantitative estimate of drug-likeness (QED) is 0.125. The van der Waals surface area contributed by atoms with Crippen LogP contribution >= 0.6 is 0 Å².